The van der Waals surface area contributed by atoms with Gasteiger partial charge >= 0.3 is 0 Å². The molecule has 1 aromatic rings. The largest absolute Gasteiger partial charge is 0.453 e. The van der Waals surface area contributed by atoms with Gasteiger partial charge in [-0.3, -0.25) is 0 Å². The third-order valence-electron chi connectivity index (χ3n) is 3.72. The molecule has 2 nitrogen and oxygen atoms in total. The lowest BCUT2D eigenvalue weighted by Crippen LogP contribution is -2.35. The molecule has 0 aromatic carbocycles. The smallest absolute Gasteiger partial charge is 0.169 e. The molecule has 0 spiro atoms. The Bertz CT molecular complexity index is 356. The van der Waals surface area contributed by atoms with Crippen molar-refractivity contribution in [3.63, 3.8) is 0 Å². The second-order valence-corrected chi connectivity index (χ2v) is 6.01. The molecule has 0 saturated heterocycles. The summed E-state index contributed by atoms with van der Waals surface area (Å²) in [7, 11) is 0. The van der Waals surface area contributed by atoms with E-state index in [9.17, 15) is 0 Å². The van der Waals surface area contributed by atoms with Crippen molar-refractivity contribution < 1.29 is 4.42 Å². The number of halogens is 1. The van der Waals surface area contributed by atoms with Crippen LogP contribution < -0.4 is 5.32 Å². The van der Waals surface area contributed by atoms with Crippen molar-refractivity contribution in [2.24, 2.45) is 11.8 Å². The lowest BCUT2D eigenvalue weighted by Gasteiger charge is -2.21. The third-order valence-corrected chi connectivity index (χ3v) is 4.15. The minimum absolute atomic E-state index is 0.331. The maximum Gasteiger partial charge on any atom is 0.169 e. The summed E-state index contributed by atoms with van der Waals surface area (Å²) in [5, 5.41) is 3.76. The van der Waals surface area contributed by atoms with Crippen molar-refractivity contribution in [1.82, 2.24) is 5.32 Å². The maximum atomic E-state index is 5.60. The van der Waals surface area contributed by atoms with Crippen molar-refractivity contribution in [1.29, 1.82) is 0 Å². The number of hydrogen-bond donors (Lipinski definition) is 1. The Balaban J connectivity index is 1.63. The fraction of sp³-hybridized carbons (Fsp3) is 0.692. The van der Waals surface area contributed by atoms with Crippen molar-refractivity contribution in [2.75, 3.05) is 0 Å². The van der Waals surface area contributed by atoms with Gasteiger partial charge in [0.15, 0.2) is 4.67 Å². The summed E-state index contributed by atoms with van der Waals surface area (Å²) < 4.78 is 6.43. The van der Waals surface area contributed by atoms with Crippen LogP contribution in [0.1, 0.15) is 44.4 Å². The number of furan rings is 1. The lowest BCUT2D eigenvalue weighted by atomic mass is 10.1. The Morgan fingerprint density at radius 2 is 1.88 bits per heavy atom. The number of rotatable bonds is 5. The van der Waals surface area contributed by atoms with Gasteiger partial charge in [-0.05, 0) is 72.5 Å². The molecular weight excluding hydrogens is 266 g/mol. The Kier molecular flexibility index (Phi) is 2.84. The molecule has 1 heterocycles. The van der Waals surface area contributed by atoms with Gasteiger partial charge < -0.3 is 9.73 Å². The Morgan fingerprint density at radius 3 is 2.31 bits per heavy atom. The average molecular weight is 284 g/mol. The van der Waals surface area contributed by atoms with E-state index in [-0.39, 0.29) is 0 Å². The molecule has 2 aliphatic carbocycles. The predicted octanol–water partition coefficient (Wildman–Crippen LogP) is 3.88. The van der Waals surface area contributed by atoms with E-state index >= 15 is 0 Å². The van der Waals surface area contributed by atoms with Gasteiger partial charge in [0.2, 0.25) is 0 Å². The normalized spacial score (nSPS) is 22.7. The summed E-state index contributed by atoms with van der Waals surface area (Å²) in [5.74, 6) is 2.92. The maximum absolute atomic E-state index is 5.60. The van der Waals surface area contributed by atoms with E-state index in [1.165, 1.54) is 25.7 Å². The van der Waals surface area contributed by atoms with Gasteiger partial charge in [-0.25, -0.2) is 0 Å². The molecule has 0 aliphatic heterocycles. The zero-order valence-corrected chi connectivity index (χ0v) is 11.2. The molecule has 0 radical (unpaired) electrons. The van der Waals surface area contributed by atoms with Crippen molar-refractivity contribution >= 4 is 15.9 Å². The van der Waals surface area contributed by atoms with E-state index in [0.717, 1.165) is 28.3 Å². The first-order chi connectivity index (χ1) is 7.74. The molecule has 1 aromatic heterocycles. The second kappa shape index (κ2) is 4.19. The minimum atomic E-state index is 0.331. The third kappa shape index (κ3) is 2.35. The Morgan fingerprint density at radius 1 is 1.25 bits per heavy atom. The molecule has 2 saturated carbocycles. The zero-order valence-electron chi connectivity index (χ0n) is 9.58. The van der Waals surface area contributed by atoms with Crippen LogP contribution in [-0.4, -0.2) is 6.04 Å². The first kappa shape index (κ1) is 10.8. The van der Waals surface area contributed by atoms with Gasteiger partial charge in [0.1, 0.15) is 5.76 Å². The molecule has 1 atom stereocenters. The second-order valence-electron chi connectivity index (χ2n) is 5.23. The highest BCUT2D eigenvalue weighted by Crippen LogP contribution is 2.45. The molecule has 88 valence electrons. The van der Waals surface area contributed by atoms with Gasteiger partial charge in [-0.15, -0.1) is 0 Å². The average Bonchev–Trinajstić information content (AvgIpc) is 3.14. The Labute approximate surface area is 105 Å². The van der Waals surface area contributed by atoms with Gasteiger partial charge in [0.05, 0.1) is 6.04 Å². The van der Waals surface area contributed by atoms with Crippen LogP contribution in [-0.2, 0) is 0 Å². The highest BCUT2D eigenvalue weighted by molar-refractivity contribution is 9.10. The van der Waals surface area contributed by atoms with Crippen molar-refractivity contribution in [3.05, 3.63) is 22.6 Å². The molecule has 3 heteroatoms. The molecule has 3 rings (SSSR count). The number of hydrogen-bond acceptors (Lipinski definition) is 2. The van der Waals surface area contributed by atoms with Crippen molar-refractivity contribution in [3.8, 4) is 0 Å². The lowest BCUT2D eigenvalue weighted by molar-refractivity contribution is 0.338. The SMILES string of the molecule is CC(NC(C1CC1)C1CC1)c1ccc(Br)o1. The Hall–Kier alpha value is -0.280. The van der Waals surface area contributed by atoms with Gasteiger partial charge in [0, 0.05) is 6.04 Å². The quantitative estimate of drug-likeness (QED) is 0.887. The summed E-state index contributed by atoms with van der Waals surface area (Å²) >= 11 is 3.35. The van der Waals surface area contributed by atoms with Crippen LogP contribution in [0.3, 0.4) is 0 Å². The standard InChI is InChI=1S/C13H18BrNO/c1-8(11-6-7-12(14)16-11)15-13(9-2-3-9)10-4-5-10/h6-10,13,15H,2-5H2,1H3. The molecule has 2 fully saturated rings. The van der Waals surface area contributed by atoms with E-state index in [1.54, 1.807) is 0 Å². The van der Waals surface area contributed by atoms with E-state index in [2.05, 4.69) is 34.2 Å². The van der Waals surface area contributed by atoms with Crippen molar-refractivity contribution in [2.45, 2.75) is 44.7 Å². The van der Waals surface area contributed by atoms with Crippen LogP contribution in [0.4, 0.5) is 0 Å². The molecule has 2 aliphatic rings. The summed E-state index contributed by atoms with van der Waals surface area (Å²) in [5.41, 5.74) is 0. The molecule has 1 N–H and O–H groups in total. The summed E-state index contributed by atoms with van der Waals surface area (Å²) in [6, 6.07) is 5.09. The molecular formula is C13H18BrNO. The van der Waals surface area contributed by atoms with Crippen LogP contribution in [0.2, 0.25) is 0 Å². The van der Waals surface area contributed by atoms with Crippen LogP contribution in [0.15, 0.2) is 21.2 Å². The molecule has 1 unspecified atom stereocenters. The van der Waals surface area contributed by atoms with E-state index in [1.807, 2.05) is 6.07 Å². The fourth-order valence-corrected chi connectivity index (χ4v) is 2.82. The molecule has 16 heavy (non-hydrogen) atoms. The van der Waals surface area contributed by atoms with E-state index < -0.39 is 0 Å². The summed E-state index contributed by atoms with van der Waals surface area (Å²) in [4.78, 5) is 0. The van der Waals surface area contributed by atoms with Crippen LogP contribution in [0.5, 0.6) is 0 Å². The van der Waals surface area contributed by atoms with Gasteiger partial charge in [0.25, 0.3) is 0 Å². The van der Waals surface area contributed by atoms with Crippen LogP contribution in [0, 0.1) is 11.8 Å². The van der Waals surface area contributed by atoms with E-state index in [4.69, 9.17) is 4.42 Å². The predicted molar refractivity (Wildman–Crippen MR) is 67.2 cm³/mol. The summed E-state index contributed by atoms with van der Waals surface area (Å²) in [6.45, 7) is 2.20. The first-order valence-electron chi connectivity index (χ1n) is 6.25. The van der Waals surface area contributed by atoms with Gasteiger partial charge in [-0.2, -0.15) is 0 Å². The van der Waals surface area contributed by atoms with Gasteiger partial charge in [-0.1, -0.05) is 0 Å². The summed E-state index contributed by atoms with van der Waals surface area (Å²) in [6.07, 6.45) is 5.68. The monoisotopic (exact) mass is 283 g/mol. The molecule has 0 bridgehead atoms. The highest BCUT2D eigenvalue weighted by Gasteiger charge is 2.41. The van der Waals surface area contributed by atoms with Crippen LogP contribution >= 0.6 is 15.9 Å². The number of nitrogens with one attached hydrogen (secondary N) is 1. The first-order valence-corrected chi connectivity index (χ1v) is 7.04. The molecule has 0 amide bonds. The minimum Gasteiger partial charge on any atom is -0.453 e. The highest BCUT2D eigenvalue weighted by atomic mass is 79.9. The fourth-order valence-electron chi connectivity index (χ4n) is 2.50. The van der Waals surface area contributed by atoms with E-state index in [0.29, 0.717) is 6.04 Å². The van der Waals surface area contributed by atoms with Crippen LogP contribution in [0.25, 0.3) is 0 Å². The topological polar surface area (TPSA) is 25.2 Å². The zero-order chi connectivity index (χ0) is 11.1.